The maximum absolute atomic E-state index is 9.15. The van der Waals surface area contributed by atoms with Crippen LogP contribution in [-0.2, 0) is 6.42 Å². The van der Waals surface area contributed by atoms with Crippen LogP contribution in [0.4, 0.5) is 0 Å². The predicted octanol–water partition coefficient (Wildman–Crippen LogP) is 2.23. The molecule has 2 nitrogen and oxygen atoms in total. The maximum atomic E-state index is 9.15. The second-order valence-electron chi connectivity index (χ2n) is 4.58. The van der Waals surface area contributed by atoms with Crippen LogP contribution in [0.15, 0.2) is 30.3 Å². The Morgan fingerprint density at radius 1 is 1.19 bits per heavy atom. The zero-order valence-electron chi connectivity index (χ0n) is 10.3. The number of aliphatic hydroxyl groups excluding tert-OH is 1. The van der Waals surface area contributed by atoms with Crippen LogP contribution in [0, 0.1) is 5.92 Å². The summed E-state index contributed by atoms with van der Waals surface area (Å²) in [4.78, 5) is 0. The molecule has 0 saturated carbocycles. The van der Waals surface area contributed by atoms with Crippen LogP contribution in [-0.4, -0.2) is 24.3 Å². The van der Waals surface area contributed by atoms with E-state index in [0.717, 1.165) is 19.4 Å². The van der Waals surface area contributed by atoms with E-state index in [2.05, 4.69) is 43.4 Å². The standard InChI is InChI=1S/C14H23NO/c1-12(2)14(11-16)15-10-6-9-13-7-4-3-5-8-13/h3-5,7-8,12,14-16H,6,9-11H2,1-2H3/t14-/m1/s1. The van der Waals surface area contributed by atoms with Gasteiger partial charge in [0.2, 0.25) is 0 Å². The summed E-state index contributed by atoms with van der Waals surface area (Å²) in [5, 5.41) is 12.5. The van der Waals surface area contributed by atoms with Crippen LogP contribution in [0.1, 0.15) is 25.8 Å². The Bertz CT molecular complexity index is 271. The van der Waals surface area contributed by atoms with Crippen LogP contribution in [0.3, 0.4) is 0 Å². The highest BCUT2D eigenvalue weighted by Crippen LogP contribution is 2.03. The molecule has 16 heavy (non-hydrogen) atoms. The van der Waals surface area contributed by atoms with Crippen molar-refractivity contribution in [3.8, 4) is 0 Å². The van der Waals surface area contributed by atoms with E-state index >= 15 is 0 Å². The van der Waals surface area contributed by atoms with Crippen LogP contribution in [0.2, 0.25) is 0 Å². The second-order valence-corrected chi connectivity index (χ2v) is 4.58. The van der Waals surface area contributed by atoms with Crippen molar-refractivity contribution in [3.05, 3.63) is 35.9 Å². The van der Waals surface area contributed by atoms with E-state index in [4.69, 9.17) is 5.11 Å². The molecule has 0 aliphatic rings. The molecule has 0 aromatic heterocycles. The van der Waals surface area contributed by atoms with E-state index in [1.807, 2.05) is 6.07 Å². The zero-order chi connectivity index (χ0) is 11.8. The first-order valence-electron chi connectivity index (χ1n) is 6.12. The molecule has 0 fully saturated rings. The number of rotatable bonds is 7. The minimum Gasteiger partial charge on any atom is -0.395 e. The van der Waals surface area contributed by atoms with Crippen molar-refractivity contribution < 1.29 is 5.11 Å². The predicted molar refractivity (Wildman–Crippen MR) is 68.5 cm³/mol. The summed E-state index contributed by atoms with van der Waals surface area (Å²) < 4.78 is 0. The topological polar surface area (TPSA) is 32.3 Å². The number of aryl methyl sites for hydroxylation is 1. The van der Waals surface area contributed by atoms with Gasteiger partial charge >= 0.3 is 0 Å². The third kappa shape index (κ3) is 4.77. The lowest BCUT2D eigenvalue weighted by Gasteiger charge is -2.19. The van der Waals surface area contributed by atoms with E-state index in [1.54, 1.807) is 0 Å². The first-order chi connectivity index (χ1) is 7.74. The minimum atomic E-state index is 0.225. The van der Waals surface area contributed by atoms with Crippen LogP contribution in [0.25, 0.3) is 0 Å². The summed E-state index contributed by atoms with van der Waals surface area (Å²) in [6, 6.07) is 10.7. The molecule has 1 aromatic rings. The van der Waals surface area contributed by atoms with Crippen molar-refractivity contribution in [3.63, 3.8) is 0 Å². The van der Waals surface area contributed by atoms with Gasteiger partial charge in [-0.3, -0.25) is 0 Å². The Labute approximate surface area is 98.7 Å². The molecule has 1 atom stereocenters. The molecule has 0 aliphatic carbocycles. The Morgan fingerprint density at radius 2 is 1.88 bits per heavy atom. The fourth-order valence-electron chi connectivity index (χ4n) is 1.74. The van der Waals surface area contributed by atoms with Crippen molar-refractivity contribution in [1.82, 2.24) is 5.32 Å². The first-order valence-corrected chi connectivity index (χ1v) is 6.12. The SMILES string of the molecule is CC(C)[C@@H](CO)NCCCc1ccccc1. The third-order valence-corrected chi connectivity index (χ3v) is 2.89. The number of nitrogens with one attached hydrogen (secondary N) is 1. The molecule has 0 bridgehead atoms. The van der Waals surface area contributed by atoms with Crippen molar-refractivity contribution in [2.24, 2.45) is 5.92 Å². The van der Waals surface area contributed by atoms with Gasteiger partial charge in [0.05, 0.1) is 6.61 Å². The monoisotopic (exact) mass is 221 g/mol. The lowest BCUT2D eigenvalue weighted by molar-refractivity contribution is 0.211. The second kappa shape index (κ2) is 7.42. The normalized spacial score (nSPS) is 13.0. The van der Waals surface area contributed by atoms with Crippen LogP contribution in [0.5, 0.6) is 0 Å². The number of aliphatic hydroxyl groups is 1. The van der Waals surface area contributed by atoms with E-state index in [9.17, 15) is 0 Å². The molecule has 90 valence electrons. The molecule has 0 spiro atoms. The van der Waals surface area contributed by atoms with Gasteiger partial charge in [0.15, 0.2) is 0 Å². The maximum Gasteiger partial charge on any atom is 0.0587 e. The highest BCUT2D eigenvalue weighted by molar-refractivity contribution is 5.14. The van der Waals surface area contributed by atoms with Crippen LogP contribution < -0.4 is 5.32 Å². The molecule has 2 heteroatoms. The molecule has 0 aliphatic heterocycles. The van der Waals surface area contributed by atoms with Gasteiger partial charge in [0.1, 0.15) is 0 Å². The van der Waals surface area contributed by atoms with Gasteiger partial charge in [0.25, 0.3) is 0 Å². The third-order valence-electron chi connectivity index (χ3n) is 2.89. The lowest BCUT2D eigenvalue weighted by Crippen LogP contribution is -2.37. The number of hydrogen-bond donors (Lipinski definition) is 2. The minimum absolute atomic E-state index is 0.225. The molecular formula is C14H23NO. The number of benzene rings is 1. The summed E-state index contributed by atoms with van der Waals surface area (Å²) in [5.41, 5.74) is 1.38. The highest BCUT2D eigenvalue weighted by atomic mass is 16.3. The van der Waals surface area contributed by atoms with Gasteiger partial charge < -0.3 is 10.4 Å². The van der Waals surface area contributed by atoms with Gasteiger partial charge in [-0.15, -0.1) is 0 Å². The van der Waals surface area contributed by atoms with Gasteiger partial charge in [0, 0.05) is 6.04 Å². The fourth-order valence-corrected chi connectivity index (χ4v) is 1.74. The molecular weight excluding hydrogens is 198 g/mol. The average Bonchev–Trinajstić information content (AvgIpc) is 2.30. The lowest BCUT2D eigenvalue weighted by atomic mass is 10.0. The smallest absolute Gasteiger partial charge is 0.0587 e. The Kier molecular flexibility index (Phi) is 6.12. The largest absolute Gasteiger partial charge is 0.395 e. The van der Waals surface area contributed by atoms with Crippen molar-refractivity contribution in [1.29, 1.82) is 0 Å². The Balaban J connectivity index is 2.16. The summed E-state index contributed by atoms with van der Waals surface area (Å²) >= 11 is 0. The Morgan fingerprint density at radius 3 is 2.44 bits per heavy atom. The van der Waals surface area contributed by atoms with Crippen molar-refractivity contribution in [2.45, 2.75) is 32.7 Å². The van der Waals surface area contributed by atoms with E-state index in [-0.39, 0.29) is 12.6 Å². The molecule has 0 unspecified atom stereocenters. The van der Waals surface area contributed by atoms with E-state index in [1.165, 1.54) is 5.56 Å². The summed E-state index contributed by atoms with van der Waals surface area (Å²) in [7, 11) is 0. The van der Waals surface area contributed by atoms with Gasteiger partial charge in [-0.05, 0) is 30.9 Å². The van der Waals surface area contributed by atoms with Gasteiger partial charge in [-0.1, -0.05) is 44.2 Å². The summed E-state index contributed by atoms with van der Waals surface area (Å²) in [6.07, 6.45) is 2.22. The molecule has 0 saturated heterocycles. The average molecular weight is 221 g/mol. The summed E-state index contributed by atoms with van der Waals surface area (Å²) in [6.45, 7) is 5.46. The quantitative estimate of drug-likeness (QED) is 0.692. The first kappa shape index (κ1) is 13.2. The number of hydrogen-bond acceptors (Lipinski definition) is 2. The Hall–Kier alpha value is -0.860. The molecule has 2 N–H and O–H groups in total. The highest BCUT2D eigenvalue weighted by Gasteiger charge is 2.09. The van der Waals surface area contributed by atoms with E-state index in [0.29, 0.717) is 5.92 Å². The molecule has 1 rings (SSSR count). The molecule has 0 heterocycles. The summed E-state index contributed by atoms with van der Waals surface area (Å²) in [5.74, 6) is 0.488. The molecule has 0 radical (unpaired) electrons. The van der Waals surface area contributed by atoms with Crippen molar-refractivity contribution in [2.75, 3.05) is 13.2 Å². The van der Waals surface area contributed by atoms with Gasteiger partial charge in [-0.25, -0.2) is 0 Å². The van der Waals surface area contributed by atoms with Crippen molar-refractivity contribution >= 4 is 0 Å². The van der Waals surface area contributed by atoms with E-state index < -0.39 is 0 Å². The van der Waals surface area contributed by atoms with Gasteiger partial charge in [-0.2, -0.15) is 0 Å². The van der Waals surface area contributed by atoms with Crippen LogP contribution >= 0.6 is 0 Å². The molecule has 0 amide bonds. The fraction of sp³-hybridized carbons (Fsp3) is 0.571. The molecule has 1 aromatic carbocycles. The zero-order valence-corrected chi connectivity index (χ0v) is 10.3.